The summed E-state index contributed by atoms with van der Waals surface area (Å²) in [7, 11) is 1.75. The monoisotopic (exact) mass is 522 g/mol. The summed E-state index contributed by atoms with van der Waals surface area (Å²) >= 11 is 6.29. The van der Waals surface area contributed by atoms with E-state index < -0.39 is 0 Å². The maximum absolute atomic E-state index is 11.8. The van der Waals surface area contributed by atoms with Gasteiger partial charge in [0.25, 0.3) is 0 Å². The highest BCUT2D eigenvalue weighted by Gasteiger charge is 2.25. The van der Waals surface area contributed by atoms with Crippen LogP contribution < -0.4 is 20.1 Å². The van der Waals surface area contributed by atoms with Crippen molar-refractivity contribution in [3.8, 4) is 11.5 Å². The van der Waals surface area contributed by atoms with E-state index in [9.17, 15) is 4.79 Å². The SMILES string of the molecule is CCC(=O)N1CCC(NC(=NC)NCCc2cc(Cl)c3c(c2)OCCO3)C1.I. The van der Waals surface area contributed by atoms with Crippen LogP contribution in [0.25, 0.3) is 0 Å². The van der Waals surface area contributed by atoms with Crippen LogP contribution in [-0.4, -0.2) is 62.7 Å². The summed E-state index contributed by atoms with van der Waals surface area (Å²) in [6.45, 7) is 5.20. The molecule has 1 atom stereocenters. The second-order valence-electron chi connectivity index (χ2n) is 6.67. The Bertz CT molecular complexity index is 717. The normalized spacial score (nSPS) is 18.5. The van der Waals surface area contributed by atoms with Crippen LogP contribution in [0.3, 0.4) is 0 Å². The predicted molar refractivity (Wildman–Crippen MR) is 121 cm³/mol. The van der Waals surface area contributed by atoms with E-state index in [-0.39, 0.29) is 35.9 Å². The van der Waals surface area contributed by atoms with Gasteiger partial charge in [0.05, 0.1) is 5.02 Å². The summed E-state index contributed by atoms with van der Waals surface area (Å²) < 4.78 is 11.2. The lowest BCUT2D eigenvalue weighted by atomic mass is 10.1. The van der Waals surface area contributed by atoms with Gasteiger partial charge in [-0.05, 0) is 30.5 Å². The Morgan fingerprint density at radius 2 is 2.14 bits per heavy atom. The minimum absolute atomic E-state index is 0. The first-order valence-electron chi connectivity index (χ1n) is 9.43. The van der Waals surface area contributed by atoms with Crippen LogP contribution in [0.1, 0.15) is 25.3 Å². The molecule has 0 saturated carbocycles. The summed E-state index contributed by atoms with van der Waals surface area (Å²) in [5.74, 6) is 2.29. The molecule has 0 aromatic heterocycles. The van der Waals surface area contributed by atoms with Crippen molar-refractivity contribution in [3.63, 3.8) is 0 Å². The van der Waals surface area contributed by atoms with E-state index in [2.05, 4.69) is 15.6 Å². The fraction of sp³-hybridized carbons (Fsp3) is 0.579. The van der Waals surface area contributed by atoms with E-state index in [0.717, 1.165) is 37.5 Å². The smallest absolute Gasteiger partial charge is 0.222 e. The van der Waals surface area contributed by atoms with Gasteiger partial charge < -0.3 is 25.0 Å². The average molecular weight is 523 g/mol. The number of guanidine groups is 1. The van der Waals surface area contributed by atoms with Crippen molar-refractivity contribution in [1.29, 1.82) is 0 Å². The number of hydrogen-bond acceptors (Lipinski definition) is 4. The maximum atomic E-state index is 11.8. The quantitative estimate of drug-likeness (QED) is 0.353. The van der Waals surface area contributed by atoms with Gasteiger partial charge in [-0.3, -0.25) is 9.79 Å². The van der Waals surface area contributed by atoms with Crippen molar-refractivity contribution in [2.45, 2.75) is 32.2 Å². The van der Waals surface area contributed by atoms with Crippen molar-refractivity contribution in [2.24, 2.45) is 4.99 Å². The zero-order valence-corrected chi connectivity index (χ0v) is 19.4. The largest absolute Gasteiger partial charge is 0.486 e. The number of amides is 1. The first-order chi connectivity index (χ1) is 13.1. The van der Waals surface area contributed by atoms with Gasteiger partial charge >= 0.3 is 0 Å². The Labute approximate surface area is 188 Å². The van der Waals surface area contributed by atoms with Crippen LogP contribution in [0.4, 0.5) is 0 Å². The van der Waals surface area contributed by atoms with Gasteiger partial charge in [-0.1, -0.05) is 18.5 Å². The Morgan fingerprint density at radius 1 is 1.36 bits per heavy atom. The molecule has 7 nitrogen and oxygen atoms in total. The van der Waals surface area contributed by atoms with Crippen molar-refractivity contribution in [3.05, 3.63) is 22.7 Å². The molecular formula is C19H28ClIN4O3. The molecule has 2 heterocycles. The highest BCUT2D eigenvalue weighted by atomic mass is 127. The van der Waals surface area contributed by atoms with Gasteiger partial charge in [-0.15, -0.1) is 24.0 Å². The van der Waals surface area contributed by atoms with E-state index in [0.29, 0.717) is 42.7 Å². The summed E-state index contributed by atoms with van der Waals surface area (Å²) in [5.41, 5.74) is 1.08. The number of benzene rings is 1. The van der Waals surface area contributed by atoms with Gasteiger partial charge in [0.1, 0.15) is 13.2 Å². The molecule has 156 valence electrons. The fourth-order valence-corrected chi connectivity index (χ4v) is 3.64. The van der Waals surface area contributed by atoms with E-state index in [1.165, 1.54) is 0 Å². The molecule has 28 heavy (non-hydrogen) atoms. The third-order valence-electron chi connectivity index (χ3n) is 4.77. The number of hydrogen-bond donors (Lipinski definition) is 2. The number of ether oxygens (including phenoxy) is 2. The molecule has 1 aromatic carbocycles. The number of nitrogens with zero attached hydrogens (tertiary/aromatic N) is 2. The highest BCUT2D eigenvalue weighted by molar-refractivity contribution is 14.0. The van der Waals surface area contributed by atoms with Gasteiger partial charge in [-0.25, -0.2) is 0 Å². The number of carbonyl (C=O) groups is 1. The molecule has 1 saturated heterocycles. The van der Waals surface area contributed by atoms with E-state index in [4.69, 9.17) is 21.1 Å². The third kappa shape index (κ3) is 5.79. The predicted octanol–water partition coefficient (Wildman–Crippen LogP) is 2.45. The molecule has 0 bridgehead atoms. The number of aliphatic imine (C=N–C) groups is 1. The number of likely N-dealkylation sites (tertiary alicyclic amines) is 1. The van der Waals surface area contributed by atoms with Crippen molar-refractivity contribution in [1.82, 2.24) is 15.5 Å². The lowest BCUT2D eigenvalue weighted by Crippen LogP contribution is -2.45. The van der Waals surface area contributed by atoms with Crippen LogP contribution in [0.15, 0.2) is 17.1 Å². The first kappa shape index (κ1) is 22.9. The number of nitrogens with one attached hydrogen (secondary N) is 2. The fourth-order valence-electron chi connectivity index (χ4n) is 3.35. The minimum Gasteiger partial charge on any atom is -0.486 e. The molecule has 1 aromatic rings. The molecule has 9 heteroatoms. The number of rotatable bonds is 5. The zero-order chi connectivity index (χ0) is 19.2. The molecule has 0 spiro atoms. The van der Waals surface area contributed by atoms with Gasteiger partial charge in [0, 0.05) is 39.1 Å². The molecule has 3 rings (SSSR count). The van der Waals surface area contributed by atoms with Crippen molar-refractivity contribution in [2.75, 3.05) is 39.9 Å². The van der Waals surface area contributed by atoms with E-state index in [1.54, 1.807) is 7.05 Å². The molecule has 1 amide bonds. The zero-order valence-electron chi connectivity index (χ0n) is 16.3. The lowest BCUT2D eigenvalue weighted by molar-refractivity contribution is -0.129. The number of fused-ring (bicyclic) bond motifs is 1. The van der Waals surface area contributed by atoms with Gasteiger partial charge in [-0.2, -0.15) is 0 Å². The van der Waals surface area contributed by atoms with E-state index in [1.807, 2.05) is 24.0 Å². The maximum Gasteiger partial charge on any atom is 0.222 e. The Kier molecular flexibility index (Phi) is 8.94. The molecule has 2 N–H and O–H groups in total. The van der Waals surface area contributed by atoms with Gasteiger partial charge in [0.15, 0.2) is 17.5 Å². The van der Waals surface area contributed by atoms with Crippen LogP contribution in [-0.2, 0) is 11.2 Å². The highest BCUT2D eigenvalue weighted by Crippen LogP contribution is 2.38. The molecule has 2 aliphatic rings. The standard InChI is InChI=1S/C19H27ClN4O3.HI/c1-3-17(25)24-7-5-14(12-24)23-19(21-2)22-6-4-13-10-15(20)18-16(11-13)26-8-9-27-18;/h10-11,14H,3-9,12H2,1-2H3,(H2,21,22,23);1H. The summed E-state index contributed by atoms with van der Waals surface area (Å²) in [6.07, 6.45) is 2.27. The second-order valence-corrected chi connectivity index (χ2v) is 7.08. The third-order valence-corrected chi connectivity index (χ3v) is 5.05. The van der Waals surface area contributed by atoms with Crippen molar-refractivity contribution < 1.29 is 14.3 Å². The summed E-state index contributed by atoms with van der Waals surface area (Å²) in [5, 5.41) is 7.30. The van der Waals surface area contributed by atoms with E-state index >= 15 is 0 Å². The lowest BCUT2D eigenvalue weighted by Gasteiger charge is -2.21. The topological polar surface area (TPSA) is 75.2 Å². The molecule has 2 aliphatic heterocycles. The van der Waals surface area contributed by atoms with Crippen LogP contribution >= 0.6 is 35.6 Å². The average Bonchev–Trinajstić information content (AvgIpc) is 3.15. The Balaban J connectivity index is 0.00000280. The molecule has 0 aliphatic carbocycles. The Hall–Kier alpha value is -1.42. The van der Waals surface area contributed by atoms with Crippen LogP contribution in [0.2, 0.25) is 5.02 Å². The number of carbonyl (C=O) groups excluding carboxylic acids is 1. The second kappa shape index (κ2) is 10.9. The van der Waals surface area contributed by atoms with Crippen LogP contribution in [0, 0.1) is 0 Å². The Morgan fingerprint density at radius 3 is 2.89 bits per heavy atom. The summed E-state index contributed by atoms with van der Waals surface area (Å²) in [4.78, 5) is 18.0. The molecular weight excluding hydrogens is 495 g/mol. The minimum atomic E-state index is 0. The van der Waals surface area contributed by atoms with Crippen molar-refractivity contribution >= 4 is 47.4 Å². The molecule has 1 unspecified atom stereocenters. The number of halogens is 2. The first-order valence-corrected chi connectivity index (χ1v) is 9.81. The summed E-state index contributed by atoms with van der Waals surface area (Å²) in [6, 6.07) is 4.12. The van der Waals surface area contributed by atoms with Crippen LogP contribution in [0.5, 0.6) is 11.5 Å². The molecule has 1 fully saturated rings. The molecule has 0 radical (unpaired) electrons. The van der Waals surface area contributed by atoms with Gasteiger partial charge in [0.2, 0.25) is 5.91 Å².